The molecule has 2 aromatic carbocycles. The fourth-order valence-electron chi connectivity index (χ4n) is 2.15. The Hall–Kier alpha value is -1.65. The van der Waals surface area contributed by atoms with Crippen molar-refractivity contribution < 1.29 is 9.53 Å². The predicted octanol–water partition coefficient (Wildman–Crippen LogP) is 3.83. The van der Waals surface area contributed by atoms with Crippen LogP contribution in [0.15, 0.2) is 46.9 Å². The molecule has 0 fully saturated rings. The summed E-state index contributed by atoms with van der Waals surface area (Å²) in [4.78, 5) is 12.2. The Labute approximate surface area is 133 Å². The lowest BCUT2D eigenvalue weighted by molar-refractivity contribution is 0.0950. The number of ether oxygens (including phenoxy) is 1. The summed E-state index contributed by atoms with van der Waals surface area (Å²) in [6, 6.07) is 13.7. The Morgan fingerprint density at radius 3 is 2.67 bits per heavy atom. The summed E-state index contributed by atoms with van der Waals surface area (Å²) in [5, 5.41) is 2.94. The van der Waals surface area contributed by atoms with Crippen LogP contribution in [0.2, 0.25) is 0 Å². The van der Waals surface area contributed by atoms with Crippen LogP contribution < -0.4 is 5.32 Å². The molecule has 0 aliphatic carbocycles. The Bertz CT molecular complexity index is 620. The Morgan fingerprint density at radius 2 is 1.95 bits per heavy atom. The molecule has 21 heavy (non-hydrogen) atoms. The van der Waals surface area contributed by atoms with Crippen molar-refractivity contribution in [2.45, 2.75) is 20.1 Å². The quantitative estimate of drug-likeness (QED) is 0.892. The summed E-state index contributed by atoms with van der Waals surface area (Å²) in [5.74, 6) is -0.0726. The number of nitrogens with one attached hydrogen (secondary N) is 1. The van der Waals surface area contributed by atoms with Gasteiger partial charge in [-0.2, -0.15) is 0 Å². The molecule has 0 aliphatic rings. The van der Waals surface area contributed by atoms with Crippen LogP contribution in [0.3, 0.4) is 0 Å². The molecule has 0 aromatic heterocycles. The number of hydrogen-bond donors (Lipinski definition) is 1. The normalized spacial score (nSPS) is 10.4. The van der Waals surface area contributed by atoms with E-state index in [0.29, 0.717) is 18.7 Å². The maximum Gasteiger partial charge on any atom is 0.251 e. The monoisotopic (exact) mass is 347 g/mol. The average Bonchev–Trinajstić information content (AvgIpc) is 2.44. The van der Waals surface area contributed by atoms with Gasteiger partial charge in [0.05, 0.1) is 6.61 Å². The van der Waals surface area contributed by atoms with Crippen molar-refractivity contribution in [1.82, 2.24) is 5.32 Å². The largest absolute Gasteiger partial charge is 0.380 e. The Kier molecular flexibility index (Phi) is 5.53. The van der Waals surface area contributed by atoms with Gasteiger partial charge in [0.15, 0.2) is 0 Å². The van der Waals surface area contributed by atoms with Gasteiger partial charge in [-0.05, 0) is 41.8 Å². The SMILES string of the molecule is COCc1cccc(CNC(=O)c2cc(C)cc(Br)c2)c1. The van der Waals surface area contributed by atoms with Crippen molar-refractivity contribution in [2.75, 3.05) is 7.11 Å². The number of carbonyl (C=O) groups is 1. The number of benzene rings is 2. The third-order valence-corrected chi connectivity index (χ3v) is 3.52. The lowest BCUT2D eigenvalue weighted by Crippen LogP contribution is -2.22. The highest BCUT2D eigenvalue weighted by Crippen LogP contribution is 2.15. The molecule has 0 radical (unpaired) electrons. The molecular weight excluding hydrogens is 330 g/mol. The molecule has 2 aromatic rings. The summed E-state index contributed by atoms with van der Waals surface area (Å²) in [5.41, 5.74) is 3.87. The first kappa shape index (κ1) is 15.7. The highest BCUT2D eigenvalue weighted by molar-refractivity contribution is 9.10. The number of aryl methyl sites for hydroxylation is 1. The minimum atomic E-state index is -0.0726. The molecule has 0 unspecified atom stereocenters. The summed E-state index contributed by atoms with van der Waals surface area (Å²) < 4.78 is 6.02. The third-order valence-electron chi connectivity index (χ3n) is 3.06. The molecular formula is C17H18BrNO2. The first-order valence-corrected chi connectivity index (χ1v) is 7.50. The Balaban J connectivity index is 2.02. The van der Waals surface area contributed by atoms with E-state index in [1.54, 1.807) is 7.11 Å². The molecule has 0 spiro atoms. The van der Waals surface area contributed by atoms with Crippen LogP contribution in [0.25, 0.3) is 0 Å². The smallest absolute Gasteiger partial charge is 0.251 e. The van der Waals surface area contributed by atoms with Crippen LogP contribution in [0.4, 0.5) is 0 Å². The second-order valence-corrected chi connectivity index (χ2v) is 5.87. The Morgan fingerprint density at radius 1 is 1.19 bits per heavy atom. The third kappa shape index (κ3) is 4.69. The van der Waals surface area contributed by atoms with Gasteiger partial charge in [-0.3, -0.25) is 4.79 Å². The summed E-state index contributed by atoms with van der Waals surface area (Å²) in [7, 11) is 1.67. The fraction of sp³-hybridized carbons (Fsp3) is 0.235. The predicted molar refractivity (Wildman–Crippen MR) is 87.2 cm³/mol. The number of rotatable bonds is 5. The van der Waals surface area contributed by atoms with Gasteiger partial charge in [0.1, 0.15) is 0 Å². The van der Waals surface area contributed by atoms with E-state index in [1.807, 2.05) is 49.4 Å². The molecule has 0 heterocycles. The summed E-state index contributed by atoms with van der Waals surface area (Å²) in [6.45, 7) is 3.05. The fourth-order valence-corrected chi connectivity index (χ4v) is 2.76. The molecule has 3 nitrogen and oxygen atoms in total. The van der Waals surface area contributed by atoms with E-state index in [2.05, 4.69) is 21.2 Å². The van der Waals surface area contributed by atoms with Gasteiger partial charge in [0, 0.05) is 23.7 Å². The lowest BCUT2D eigenvalue weighted by Gasteiger charge is -2.08. The second-order valence-electron chi connectivity index (χ2n) is 4.95. The van der Waals surface area contributed by atoms with Crippen molar-refractivity contribution in [1.29, 1.82) is 0 Å². The van der Waals surface area contributed by atoms with Crippen molar-refractivity contribution in [3.63, 3.8) is 0 Å². The van der Waals surface area contributed by atoms with Gasteiger partial charge in [-0.1, -0.05) is 40.2 Å². The molecule has 0 atom stereocenters. The summed E-state index contributed by atoms with van der Waals surface area (Å²) >= 11 is 3.41. The van der Waals surface area contributed by atoms with Gasteiger partial charge < -0.3 is 10.1 Å². The number of methoxy groups -OCH3 is 1. The number of carbonyl (C=O) groups excluding carboxylic acids is 1. The average molecular weight is 348 g/mol. The van der Waals surface area contributed by atoms with Crippen LogP contribution >= 0.6 is 15.9 Å². The summed E-state index contributed by atoms with van der Waals surface area (Å²) in [6.07, 6.45) is 0. The van der Waals surface area contributed by atoms with Gasteiger partial charge in [0.2, 0.25) is 0 Å². The topological polar surface area (TPSA) is 38.3 Å². The van der Waals surface area contributed by atoms with E-state index in [9.17, 15) is 4.79 Å². The van der Waals surface area contributed by atoms with Gasteiger partial charge in [-0.15, -0.1) is 0 Å². The van der Waals surface area contributed by atoms with Crippen LogP contribution in [-0.2, 0) is 17.9 Å². The van der Waals surface area contributed by atoms with Crippen molar-refractivity contribution in [3.05, 3.63) is 69.2 Å². The number of hydrogen-bond acceptors (Lipinski definition) is 2. The molecule has 4 heteroatoms. The number of amides is 1. The van der Waals surface area contributed by atoms with Crippen molar-refractivity contribution >= 4 is 21.8 Å². The molecule has 0 saturated heterocycles. The molecule has 0 aliphatic heterocycles. The van der Waals surface area contributed by atoms with Crippen LogP contribution in [0.1, 0.15) is 27.0 Å². The van der Waals surface area contributed by atoms with E-state index in [4.69, 9.17) is 4.74 Å². The lowest BCUT2D eigenvalue weighted by atomic mass is 10.1. The zero-order valence-corrected chi connectivity index (χ0v) is 13.7. The van der Waals surface area contributed by atoms with Crippen LogP contribution in [-0.4, -0.2) is 13.0 Å². The van der Waals surface area contributed by atoms with Crippen LogP contribution in [0.5, 0.6) is 0 Å². The molecule has 1 N–H and O–H groups in total. The molecule has 0 saturated carbocycles. The second kappa shape index (κ2) is 7.38. The zero-order valence-electron chi connectivity index (χ0n) is 12.2. The van der Waals surface area contributed by atoms with Gasteiger partial charge in [0.25, 0.3) is 5.91 Å². The minimum Gasteiger partial charge on any atom is -0.380 e. The molecule has 0 bridgehead atoms. The first-order chi connectivity index (χ1) is 10.1. The standard InChI is InChI=1S/C17H18BrNO2/c1-12-6-15(9-16(18)7-12)17(20)19-10-13-4-3-5-14(8-13)11-21-2/h3-9H,10-11H2,1-2H3,(H,19,20). The van der Waals surface area contributed by atoms with E-state index < -0.39 is 0 Å². The van der Waals surface area contributed by atoms with Crippen molar-refractivity contribution in [3.8, 4) is 0 Å². The zero-order chi connectivity index (χ0) is 15.2. The highest BCUT2D eigenvalue weighted by atomic mass is 79.9. The maximum atomic E-state index is 12.2. The first-order valence-electron chi connectivity index (χ1n) is 6.70. The van der Waals surface area contributed by atoms with Gasteiger partial charge in [-0.25, -0.2) is 0 Å². The van der Waals surface area contributed by atoms with Crippen LogP contribution in [0, 0.1) is 6.92 Å². The maximum absolute atomic E-state index is 12.2. The molecule has 1 amide bonds. The molecule has 110 valence electrons. The minimum absolute atomic E-state index is 0.0726. The van der Waals surface area contributed by atoms with Crippen molar-refractivity contribution in [2.24, 2.45) is 0 Å². The highest BCUT2D eigenvalue weighted by Gasteiger charge is 2.07. The number of halogens is 1. The van der Waals surface area contributed by atoms with E-state index in [0.717, 1.165) is 21.2 Å². The van der Waals surface area contributed by atoms with Gasteiger partial charge >= 0.3 is 0 Å². The van der Waals surface area contributed by atoms with E-state index in [-0.39, 0.29) is 5.91 Å². The van der Waals surface area contributed by atoms with E-state index in [1.165, 1.54) is 0 Å². The molecule has 2 rings (SSSR count). The van der Waals surface area contributed by atoms with E-state index >= 15 is 0 Å².